The molecule has 1 aromatic rings. The number of nitrogens with two attached hydrogens (primary N) is 1. The van der Waals surface area contributed by atoms with Crippen molar-refractivity contribution in [2.45, 2.75) is 6.92 Å². The summed E-state index contributed by atoms with van der Waals surface area (Å²) in [5.41, 5.74) is 5.90. The Bertz CT molecular complexity index is 380. The van der Waals surface area contributed by atoms with Crippen molar-refractivity contribution < 1.29 is 14.3 Å². The fraction of sp³-hybridized carbons (Fsp3) is 0.417. The van der Waals surface area contributed by atoms with Gasteiger partial charge in [0.25, 0.3) is 5.91 Å². The molecule has 5 heteroatoms. The summed E-state index contributed by atoms with van der Waals surface area (Å²) in [6.07, 6.45) is 0. The van der Waals surface area contributed by atoms with Gasteiger partial charge in [0, 0.05) is 18.7 Å². The molecular weight excluding hydrogens is 220 g/mol. The second-order valence-electron chi connectivity index (χ2n) is 3.36. The molecule has 0 atom stereocenters. The van der Waals surface area contributed by atoms with Crippen LogP contribution in [0.3, 0.4) is 0 Å². The monoisotopic (exact) mass is 238 g/mol. The lowest BCUT2D eigenvalue weighted by Gasteiger charge is -2.11. The minimum Gasteiger partial charge on any atom is -0.493 e. The SMILES string of the molecule is CCNC(=O)c1ccc(OCCN)c(OC)c1. The van der Waals surface area contributed by atoms with Crippen LogP contribution >= 0.6 is 0 Å². The standard InChI is InChI=1S/C12H18N2O3/c1-3-14-12(15)9-4-5-10(17-7-6-13)11(8-9)16-2/h4-5,8H,3,6-7,13H2,1-2H3,(H,14,15). The molecule has 0 aromatic heterocycles. The van der Waals surface area contributed by atoms with Crippen molar-refractivity contribution >= 4 is 5.91 Å². The van der Waals surface area contributed by atoms with Crippen molar-refractivity contribution in [3.63, 3.8) is 0 Å². The fourth-order valence-electron chi connectivity index (χ4n) is 1.36. The van der Waals surface area contributed by atoms with E-state index < -0.39 is 0 Å². The van der Waals surface area contributed by atoms with E-state index in [1.165, 1.54) is 7.11 Å². The van der Waals surface area contributed by atoms with Crippen molar-refractivity contribution in [2.75, 3.05) is 26.8 Å². The topological polar surface area (TPSA) is 73.6 Å². The highest BCUT2D eigenvalue weighted by Crippen LogP contribution is 2.27. The third-order valence-corrected chi connectivity index (χ3v) is 2.14. The molecule has 0 saturated heterocycles. The number of nitrogens with one attached hydrogen (secondary N) is 1. The fourth-order valence-corrected chi connectivity index (χ4v) is 1.36. The van der Waals surface area contributed by atoms with Crippen LogP contribution in [0.25, 0.3) is 0 Å². The smallest absolute Gasteiger partial charge is 0.251 e. The summed E-state index contributed by atoms with van der Waals surface area (Å²) in [4.78, 5) is 11.6. The molecule has 0 unspecified atom stereocenters. The zero-order valence-electron chi connectivity index (χ0n) is 10.2. The number of rotatable bonds is 6. The second-order valence-corrected chi connectivity index (χ2v) is 3.36. The third-order valence-electron chi connectivity index (χ3n) is 2.14. The van der Waals surface area contributed by atoms with Gasteiger partial charge in [0.05, 0.1) is 7.11 Å². The molecule has 0 fully saturated rings. The Hall–Kier alpha value is -1.75. The average Bonchev–Trinajstić information content (AvgIpc) is 2.36. The van der Waals surface area contributed by atoms with E-state index in [2.05, 4.69) is 5.32 Å². The van der Waals surface area contributed by atoms with Gasteiger partial charge in [-0.25, -0.2) is 0 Å². The van der Waals surface area contributed by atoms with E-state index in [1.54, 1.807) is 18.2 Å². The lowest BCUT2D eigenvalue weighted by molar-refractivity contribution is 0.0955. The Kier molecular flexibility index (Phi) is 5.29. The molecule has 0 spiro atoms. The van der Waals surface area contributed by atoms with Crippen LogP contribution in [0.5, 0.6) is 11.5 Å². The van der Waals surface area contributed by atoms with E-state index >= 15 is 0 Å². The van der Waals surface area contributed by atoms with Crippen LogP contribution in [0.15, 0.2) is 18.2 Å². The van der Waals surface area contributed by atoms with Gasteiger partial charge in [0.15, 0.2) is 11.5 Å². The Morgan fingerprint density at radius 2 is 2.18 bits per heavy atom. The molecule has 3 N–H and O–H groups in total. The van der Waals surface area contributed by atoms with Gasteiger partial charge in [0.2, 0.25) is 0 Å². The van der Waals surface area contributed by atoms with E-state index in [9.17, 15) is 4.79 Å². The lowest BCUT2D eigenvalue weighted by atomic mass is 10.2. The largest absolute Gasteiger partial charge is 0.493 e. The van der Waals surface area contributed by atoms with E-state index in [1.807, 2.05) is 6.92 Å². The number of hydrogen-bond donors (Lipinski definition) is 2. The quantitative estimate of drug-likeness (QED) is 0.768. The number of carbonyl (C=O) groups is 1. The maximum absolute atomic E-state index is 11.6. The molecule has 0 bridgehead atoms. The molecule has 0 aliphatic heterocycles. The molecule has 1 aromatic carbocycles. The first-order chi connectivity index (χ1) is 8.22. The maximum Gasteiger partial charge on any atom is 0.251 e. The molecule has 94 valence electrons. The molecule has 0 aliphatic carbocycles. The molecule has 5 nitrogen and oxygen atoms in total. The number of hydrogen-bond acceptors (Lipinski definition) is 4. The lowest BCUT2D eigenvalue weighted by Crippen LogP contribution is -2.22. The number of ether oxygens (including phenoxy) is 2. The van der Waals surface area contributed by atoms with Crippen LogP contribution in [0.4, 0.5) is 0 Å². The Balaban J connectivity index is 2.87. The molecule has 17 heavy (non-hydrogen) atoms. The zero-order chi connectivity index (χ0) is 12.7. The Labute approximate surface area is 101 Å². The maximum atomic E-state index is 11.6. The van der Waals surface area contributed by atoms with Crippen LogP contribution in [-0.2, 0) is 0 Å². The van der Waals surface area contributed by atoms with Crippen molar-refractivity contribution in [3.8, 4) is 11.5 Å². The first-order valence-corrected chi connectivity index (χ1v) is 5.52. The van der Waals surface area contributed by atoms with Gasteiger partial charge in [-0.2, -0.15) is 0 Å². The van der Waals surface area contributed by atoms with Crippen molar-refractivity contribution in [1.82, 2.24) is 5.32 Å². The molecule has 0 aliphatic rings. The zero-order valence-corrected chi connectivity index (χ0v) is 10.2. The summed E-state index contributed by atoms with van der Waals surface area (Å²) in [6, 6.07) is 5.05. The van der Waals surface area contributed by atoms with Crippen LogP contribution < -0.4 is 20.5 Å². The highest BCUT2D eigenvalue weighted by Gasteiger charge is 2.10. The van der Waals surface area contributed by atoms with Crippen LogP contribution in [-0.4, -0.2) is 32.7 Å². The Morgan fingerprint density at radius 1 is 1.41 bits per heavy atom. The van der Waals surface area contributed by atoms with Gasteiger partial charge in [-0.15, -0.1) is 0 Å². The molecule has 0 saturated carbocycles. The van der Waals surface area contributed by atoms with E-state index in [4.69, 9.17) is 15.2 Å². The van der Waals surface area contributed by atoms with Gasteiger partial charge >= 0.3 is 0 Å². The molecule has 0 heterocycles. The van der Waals surface area contributed by atoms with Crippen molar-refractivity contribution in [2.24, 2.45) is 5.73 Å². The minimum absolute atomic E-state index is 0.129. The second kappa shape index (κ2) is 6.75. The molecular formula is C12H18N2O3. The predicted octanol–water partition coefficient (Wildman–Crippen LogP) is 0.782. The number of carbonyl (C=O) groups excluding carboxylic acids is 1. The molecule has 1 amide bonds. The predicted molar refractivity (Wildman–Crippen MR) is 65.6 cm³/mol. The first kappa shape index (κ1) is 13.3. The van der Waals surface area contributed by atoms with E-state index in [0.717, 1.165) is 0 Å². The normalized spacial score (nSPS) is 9.82. The Morgan fingerprint density at radius 3 is 2.76 bits per heavy atom. The van der Waals surface area contributed by atoms with E-state index in [0.29, 0.717) is 36.8 Å². The number of benzene rings is 1. The summed E-state index contributed by atoms with van der Waals surface area (Å²) < 4.78 is 10.6. The van der Waals surface area contributed by atoms with Crippen LogP contribution in [0.1, 0.15) is 17.3 Å². The number of amides is 1. The molecule has 0 radical (unpaired) electrons. The molecule has 1 rings (SSSR count). The summed E-state index contributed by atoms with van der Waals surface area (Å²) >= 11 is 0. The van der Waals surface area contributed by atoms with Gasteiger partial charge < -0.3 is 20.5 Å². The summed E-state index contributed by atoms with van der Waals surface area (Å²) in [5, 5.41) is 2.72. The van der Waals surface area contributed by atoms with Gasteiger partial charge in [-0.1, -0.05) is 0 Å². The van der Waals surface area contributed by atoms with Crippen LogP contribution in [0.2, 0.25) is 0 Å². The summed E-state index contributed by atoms with van der Waals surface area (Å²) in [5.74, 6) is 0.990. The highest BCUT2D eigenvalue weighted by atomic mass is 16.5. The first-order valence-electron chi connectivity index (χ1n) is 5.52. The van der Waals surface area contributed by atoms with Gasteiger partial charge in [-0.3, -0.25) is 4.79 Å². The van der Waals surface area contributed by atoms with Gasteiger partial charge in [0.1, 0.15) is 6.61 Å². The third kappa shape index (κ3) is 3.64. The van der Waals surface area contributed by atoms with E-state index in [-0.39, 0.29) is 5.91 Å². The number of methoxy groups -OCH3 is 1. The minimum atomic E-state index is -0.129. The highest BCUT2D eigenvalue weighted by molar-refractivity contribution is 5.94. The van der Waals surface area contributed by atoms with Crippen LogP contribution in [0, 0.1) is 0 Å². The van der Waals surface area contributed by atoms with Gasteiger partial charge in [-0.05, 0) is 25.1 Å². The summed E-state index contributed by atoms with van der Waals surface area (Å²) in [7, 11) is 1.53. The van der Waals surface area contributed by atoms with Crippen molar-refractivity contribution in [1.29, 1.82) is 0 Å². The van der Waals surface area contributed by atoms with Crippen molar-refractivity contribution in [3.05, 3.63) is 23.8 Å². The average molecular weight is 238 g/mol. The summed E-state index contributed by atoms with van der Waals surface area (Å²) in [6.45, 7) is 3.30.